The maximum Gasteiger partial charge on any atom is 0.338 e. The Kier molecular flexibility index (Phi) is 8.25. The Morgan fingerprint density at radius 2 is 1.65 bits per heavy atom. The van der Waals surface area contributed by atoms with Crippen molar-refractivity contribution in [3.05, 3.63) is 82.5 Å². The topological polar surface area (TPSA) is 98.4 Å². The summed E-state index contributed by atoms with van der Waals surface area (Å²) in [5.74, 6) is 0.152. The molecule has 37 heavy (non-hydrogen) atoms. The number of amides is 1. The third-order valence-corrected chi connectivity index (χ3v) is 6.37. The van der Waals surface area contributed by atoms with Crippen molar-refractivity contribution in [1.82, 2.24) is 4.90 Å². The average Bonchev–Trinajstić information content (AvgIpc) is 3.48. The van der Waals surface area contributed by atoms with Crippen LogP contribution in [0.15, 0.2) is 75.0 Å². The minimum atomic E-state index is -0.420. The lowest BCUT2D eigenvalue weighted by Crippen LogP contribution is -2.28. The predicted molar refractivity (Wildman–Crippen MR) is 143 cm³/mol. The van der Waals surface area contributed by atoms with Gasteiger partial charge in [0, 0.05) is 18.2 Å². The summed E-state index contributed by atoms with van der Waals surface area (Å²) < 4.78 is 16.0. The van der Waals surface area contributed by atoms with Crippen LogP contribution in [-0.4, -0.2) is 47.7 Å². The molecule has 0 atom stereocenters. The summed E-state index contributed by atoms with van der Waals surface area (Å²) in [7, 11) is 0. The number of carbonyl (C=O) groups excluding carboxylic acids is 3. The second-order valence-corrected chi connectivity index (χ2v) is 8.83. The van der Waals surface area contributed by atoms with Gasteiger partial charge in [-0.25, -0.2) is 14.6 Å². The molecule has 1 aliphatic rings. The molecule has 1 aromatic heterocycles. The van der Waals surface area contributed by atoms with E-state index in [2.05, 4.69) is 4.99 Å². The van der Waals surface area contributed by atoms with Crippen molar-refractivity contribution >= 4 is 46.5 Å². The Morgan fingerprint density at radius 1 is 0.946 bits per heavy atom. The van der Waals surface area contributed by atoms with Crippen LogP contribution in [0, 0.1) is 0 Å². The molecule has 2 heterocycles. The summed E-state index contributed by atoms with van der Waals surface area (Å²) in [6, 6.07) is 17.3. The number of thioether (sulfide) groups is 1. The van der Waals surface area contributed by atoms with E-state index < -0.39 is 5.97 Å². The first kappa shape index (κ1) is 26.0. The number of furan rings is 1. The van der Waals surface area contributed by atoms with Crippen LogP contribution in [0.4, 0.5) is 5.69 Å². The number of hydrogen-bond acceptors (Lipinski definition) is 8. The highest BCUT2D eigenvalue weighted by Gasteiger charge is 2.32. The molecule has 1 fully saturated rings. The number of aliphatic imine (C=N–C) groups is 1. The van der Waals surface area contributed by atoms with Gasteiger partial charge in [-0.3, -0.25) is 9.69 Å². The maximum atomic E-state index is 13.0. The number of amidine groups is 1. The fraction of sp³-hybridized carbons (Fsp3) is 0.214. The van der Waals surface area contributed by atoms with Crippen molar-refractivity contribution in [2.75, 3.05) is 19.8 Å². The highest BCUT2D eigenvalue weighted by atomic mass is 32.2. The second kappa shape index (κ2) is 11.7. The van der Waals surface area contributed by atoms with Gasteiger partial charge >= 0.3 is 11.9 Å². The van der Waals surface area contributed by atoms with Crippen LogP contribution < -0.4 is 0 Å². The Morgan fingerprint density at radius 3 is 2.32 bits per heavy atom. The lowest BCUT2D eigenvalue weighted by atomic mass is 10.1. The summed E-state index contributed by atoms with van der Waals surface area (Å²) in [5.41, 5.74) is 2.20. The normalized spacial score (nSPS) is 15.4. The van der Waals surface area contributed by atoms with Crippen molar-refractivity contribution in [1.29, 1.82) is 0 Å². The quantitative estimate of drug-likeness (QED) is 0.269. The van der Waals surface area contributed by atoms with E-state index in [1.54, 1.807) is 79.4 Å². The summed E-state index contributed by atoms with van der Waals surface area (Å²) in [5, 5.41) is 0.515. The van der Waals surface area contributed by atoms with Crippen molar-refractivity contribution < 1.29 is 28.3 Å². The molecule has 8 nitrogen and oxygen atoms in total. The third-order valence-electron chi connectivity index (χ3n) is 5.37. The molecule has 2 aromatic carbocycles. The van der Waals surface area contributed by atoms with Crippen molar-refractivity contribution in [2.45, 2.75) is 20.8 Å². The van der Waals surface area contributed by atoms with Crippen molar-refractivity contribution in [3.63, 3.8) is 0 Å². The first-order valence-corrected chi connectivity index (χ1v) is 12.7. The van der Waals surface area contributed by atoms with Crippen LogP contribution in [-0.2, 0) is 14.3 Å². The lowest BCUT2D eigenvalue weighted by molar-refractivity contribution is -0.122. The van der Waals surface area contributed by atoms with Crippen LogP contribution in [0.5, 0.6) is 0 Å². The lowest BCUT2D eigenvalue weighted by Gasteiger charge is -2.12. The van der Waals surface area contributed by atoms with Crippen molar-refractivity contribution in [2.24, 2.45) is 4.99 Å². The molecule has 0 saturated carbocycles. The number of rotatable bonds is 8. The minimum absolute atomic E-state index is 0.176. The molecule has 0 unspecified atom stereocenters. The smallest absolute Gasteiger partial charge is 0.338 e. The second-order valence-electron chi connectivity index (χ2n) is 7.83. The summed E-state index contributed by atoms with van der Waals surface area (Å²) in [6.07, 6.45) is 1.68. The standard InChI is InChI=1S/C28H26N2O6S/c1-4-30-25(31)24(37-28(30)29-21-9-7-8-20(16-21)27(33)35-6-3)17-22-14-15-23(36-22)18-10-12-19(13-11-18)26(32)34-5-2/h7-17H,4-6H2,1-3H3. The molecule has 190 valence electrons. The molecular formula is C28H26N2O6S. The van der Waals surface area contributed by atoms with Crippen LogP contribution in [0.2, 0.25) is 0 Å². The summed E-state index contributed by atoms with van der Waals surface area (Å²) in [4.78, 5) is 43.6. The van der Waals surface area contributed by atoms with E-state index in [1.165, 1.54) is 11.8 Å². The number of esters is 2. The van der Waals surface area contributed by atoms with E-state index in [4.69, 9.17) is 13.9 Å². The predicted octanol–water partition coefficient (Wildman–Crippen LogP) is 5.92. The molecule has 9 heteroatoms. The van der Waals surface area contributed by atoms with Gasteiger partial charge in [0.15, 0.2) is 5.17 Å². The molecule has 0 N–H and O–H groups in total. The molecule has 1 saturated heterocycles. The van der Waals surface area contributed by atoms with Gasteiger partial charge in [0.1, 0.15) is 11.5 Å². The fourth-order valence-corrected chi connectivity index (χ4v) is 4.64. The molecule has 1 aliphatic heterocycles. The maximum absolute atomic E-state index is 13.0. The number of benzene rings is 2. The highest BCUT2D eigenvalue weighted by molar-refractivity contribution is 8.18. The Balaban J connectivity index is 1.54. The Labute approximate surface area is 219 Å². The SMILES string of the molecule is CCOC(=O)c1ccc(-c2ccc(C=C3SC(=Nc4cccc(C(=O)OCC)c4)N(CC)C3=O)o2)cc1. The Hall–Kier alpha value is -4.11. The van der Waals surface area contributed by atoms with Gasteiger partial charge in [-0.05, 0) is 75.0 Å². The summed E-state index contributed by atoms with van der Waals surface area (Å²) in [6.45, 7) is 6.42. The molecule has 3 aromatic rings. The number of carbonyl (C=O) groups is 3. The van der Waals surface area contributed by atoms with E-state index in [9.17, 15) is 14.4 Å². The van der Waals surface area contributed by atoms with Gasteiger partial charge in [-0.1, -0.05) is 18.2 Å². The minimum Gasteiger partial charge on any atom is -0.462 e. The van der Waals surface area contributed by atoms with E-state index in [0.29, 0.717) is 51.6 Å². The molecular weight excluding hydrogens is 492 g/mol. The average molecular weight is 519 g/mol. The van der Waals surface area contributed by atoms with Crippen LogP contribution >= 0.6 is 11.8 Å². The van der Waals surface area contributed by atoms with E-state index in [1.807, 2.05) is 13.0 Å². The van der Waals surface area contributed by atoms with E-state index in [-0.39, 0.29) is 18.5 Å². The summed E-state index contributed by atoms with van der Waals surface area (Å²) >= 11 is 1.24. The van der Waals surface area contributed by atoms with Crippen LogP contribution in [0.3, 0.4) is 0 Å². The zero-order valence-electron chi connectivity index (χ0n) is 20.7. The van der Waals surface area contributed by atoms with Gasteiger partial charge in [-0.2, -0.15) is 0 Å². The highest BCUT2D eigenvalue weighted by Crippen LogP contribution is 2.35. The van der Waals surface area contributed by atoms with Gasteiger partial charge in [0.05, 0.1) is 34.9 Å². The molecule has 0 aliphatic carbocycles. The molecule has 1 amide bonds. The molecule has 0 bridgehead atoms. The third kappa shape index (κ3) is 6.00. The largest absolute Gasteiger partial charge is 0.462 e. The fourth-order valence-electron chi connectivity index (χ4n) is 3.60. The van der Waals surface area contributed by atoms with Crippen LogP contribution in [0.25, 0.3) is 17.4 Å². The molecule has 0 radical (unpaired) electrons. The first-order chi connectivity index (χ1) is 17.9. The first-order valence-electron chi connectivity index (χ1n) is 11.9. The van der Waals surface area contributed by atoms with Gasteiger partial charge in [0.25, 0.3) is 5.91 Å². The van der Waals surface area contributed by atoms with E-state index >= 15 is 0 Å². The number of likely N-dealkylation sites (N-methyl/N-ethyl adjacent to an activating group) is 1. The molecule has 0 spiro atoms. The van der Waals surface area contributed by atoms with Crippen LogP contribution in [0.1, 0.15) is 47.2 Å². The number of hydrogen-bond donors (Lipinski definition) is 0. The van der Waals surface area contributed by atoms with Gasteiger partial charge in [-0.15, -0.1) is 0 Å². The molecule has 4 rings (SSSR count). The Bertz CT molecular complexity index is 1370. The zero-order chi connectivity index (χ0) is 26.4. The number of ether oxygens (including phenoxy) is 2. The van der Waals surface area contributed by atoms with E-state index in [0.717, 1.165) is 5.56 Å². The number of nitrogens with zero attached hydrogens (tertiary/aromatic N) is 2. The van der Waals surface area contributed by atoms with Gasteiger partial charge < -0.3 is 13.9 Å². The van der Waals surface area contributed by atoms with Gasteiger partial charge in [0.2, 0.25) is 0 Å². The van der Waals surface area contributed by atoms with Crippen molar-refractivity contribution in [3.8, 4) is 11.3 Å². The monoisotopic (exact) mass is 518 g/mol. The zero-order valence-corrected chi connectivity index (χ0v) is 21.5.